The highest BCUT2D eigenvalue weighted by Crippen LogP contribution is 2.28. The van der Waals surface area contributed by atoms with Gasteiger partial charge in [0.15, 0.2) is 5.65 Å². The average Bonchev–Trinajstić information content (AvgIpc) is 3.05. The predicted molar refractivity (Wildman–Crippen MR) is 102 cm³/mol. The van der Waals surface area contributed by atoms with Gasteiger partial charge in [-0.2, -0.15) is 0 Å². The molecule has 1 aliphatic heterocycles. The van der Waals surface area contributed by atoms with Gasteiger partial charge in [0.25, 0.3) is 5.91 Å². The molecule has 0 saturated carbocycles. The summed E-state index contributed by atoms with van der Waals surface area (Å²) in [5.41, 5.74) is 3.24. The zero-order valence-electron chi connectivity index (χ0n) is 15.3. The minimum absolute atomic E-state index is 0.0175. The number of aromatic nitrogens is 3. The number of nitrogens with one attached hydrogen (secondary N) is 2. The van der Waals surface area contributed by atoms with E-state index in [1.165, 1.54) is 0 Å². The number of hydrogen-bond donors (Lipinski definition) is 2. The molecule has 0 saturated heterocycles. The van der Waals surface area contributed by atoms with Gasteiger partial charge in [-0.3, -0.25) is 14.6 Å². The quantitative estimate of drug-likeness (QED) is 0.748. The molecule has 0 spiro atoms. The Morgan fingerprint density at radius 2 is 2.07 bits per heavy atom. The van der Waals surface area contributed by atoms with E-state index in [-0.39, 0.29) is 17.7 Å². The molecule has 3 heterocycles. The molecule has 4 rings (SSSR count). The van der Waals surface area contributed by atoms with Crippen LogP contribution in [0.25, 0.3) is 11.2 Å². The van der Waals surface area contributed by atoms with Gasteiger partial charge in [-0.1, -0.05) is 38.5 Å². The molecule has 0 aliphatic carbocycles. The van der Waals surface area contributed by atoms with Crippen molar-refractivity contribution in [1.29, 1.82) is 0 Å². The van der Waals surface area contributed by atoms with Crippen LogP contribution >= 0.6 is 0 Å². The molecular weight excluding hydrogens is 342 g/mol. The molecule has 2 aromatic heterocycles. The van der Waals surface area contributed by atoms with Gasteiger partial charge in [-0.05, 0) is 23.6 Å². The Bertz CT molecular complexity index is 979. The standard InChI is InChI=1S/C20H21N5O2/c1-3-12(2)17-19(26)24-14-7-5-4-6-13(14)11-25(17)20(27)16-10-15-18(23-16)22-9-8-21-15/h4-10,12,17H,3,11H2,1-2H3,(H,22,23)(H,24,26). The van der Waals surface area contributed by atoms with Crippen LogP contribution in [0.5, 0.6) is 0 Å². The van der Waals surface area contributed by atoms with E-state index in [0.29, 0.717) is 23.4 Å². The molecule has 7 nitrogen and oxygen atoms in total. The van der Waals surface area contributed by atoms with Crippen LogP contribution in [0.15, 0.2) is 42.7 Å². The minimum atomic E-state index is -0.553. The van der Waals surface area contributed by atoms with E-state index in [2.05, 4.69) is 20.3 Å². The van der Waals surface area contributed by atoms with Gasteiger partial charge in [0, 0.05) is 24.6 Å². The third-order valence-electron chi connectivity index (χ3n) is 5.16. The Kier molecular flexibility index (Phi) is 4.35. The second kappa shape index (κ2) is 6.83. The van der Waals surface area contributed by atoms with E-state index in [1.54, 1.807) is 23.4 Å². The Morgan fingerprint density at radius 3 is 2.85 bits per heavy atom. The summed E-state index contributed by atoms with van der Waals surface area (Å²) >= 11 is 0. The summed E-state index contributed by atoms with van der Waals surface area (Å²) in [5.74, 6) is -0.370. The van der Waals surface area contributed by atoms with Crippen LogP contribution in [0.4, 0.5) is 5.69 Å². The number of aromatic amines is 1. The highest BCUT2D eigenvalue weighted by Gasteiger charge is 2.37. The van der Waals surface area contributed by atoms with E-state index in [4.69, 9.17) is 0 Å². The van der Waals surface area contributed by atoms with Crippen LogP contribution in [0.2, 0.25) is 0 Å². The number of carbonyl (C=O) groups excluding carboxylic acids is 2. The second-order valence-electron chi connectivity index (χ2n) is 6.88. The molecule has 1 aromatic carbocycles. The van der Waals surface area contributed by atoms with Crippen molar-refractivity contribution in [3.63, 3.8) is 0 Å². The zero-order valence-corrected chi connectivity index (χ0v) is 15.3. The first kappa shape index (κ1) is 17.2. The molecule has 1 aliphatic rings. The lowest BCUT2D eigenvalue weighted by molar-refractivity contribution is -0.122. The van der Waals surface area contributed by atoms with Crippen molar-refractivity contribution in [2.75, 3.05) is 5.32 Å². The van der Waals surface area contributed by atoms with Crippen molar-refractivity contribution < 1.29 is 9.59 Å². The molecule has 0 radical (unpaired) electrons. The van der Waals surface area contributed by atoms with Crippen molar-refractivity contribution in [2.45, 2.75) is 32.9 Å². The first-order chi connectivity index (χ1) is 13.1. The predicted octanol–water partition coefficient (Wildman–Crippen LogP) is 2.97. The van der Waals surface area contributed by atoms with E-state index in [1.807, 2.05) is 38.1 Å². The highest BCUT2D eigenvalue weighted by molar-refractivity contribution is 6.03. The third-order valence-corrected chi connectivity index (χ3v) is 5.16. The maximum Gasteiger partial charge on any atom is 0.271 e. The van der Waals surface area contributed by atoms with Gasteiger partial charge in [0.05, 0.1) is 0 Å². The van der Waals surface area contributed by atoms with Crippen molar-refractivity contribution in [2.24, 2.45) is 5.92 Å². The van der Waals surface area contributed by atoms with E-state index in [9.17, 15) is 9.59 Å². The highest BCUT2D eigenvalue weighted by atomic mass is 16.2. The molecule has 3 aromatic rings. The fourth-order valence-corrected chi connectivity index (χ4v) is 3.52. The molecular formula is C20H21N5O2. The topological polar surface area (TPSA) is 91.0 Å². The second-order valence-corrected chi connectivity index (χ2v) is 6.88. The maximum absolute atomic E-state index is 13.4. The van der Waals surface area contributed by atoms with Crippen LogP contribution < -0.4 is 5.32 Å². The fraction of sp³-hybridized carbons (Fsp3) is 0.300. The maximum atomic E-state index is 13.4. The summed E-state index contributed by atoms with van der Waals surface area (Å²) in [6, 6.07) is 8.72. The number of carbonyl (C=O) groups is 2. The lowest BCUT2D eigenvalue weighted by Gasteiger charge is -2.32. The zero-order chi connectivity index (χ0) is 19.0. The van der Waals surface area contributed by atoms with Crippen molar-refractivity contribution in [3.8, 4) is 0 Å². The molecule has 7 heteroatoms. The molecule has 138 valence electrons. The normalized spacial score (nSPS) is 17.9. The first-order valence-electron chi connectivity index (χ1n) is 9.08. The lowest BCUT2D eigenvalue weighted by Crippen LogP contribution is -2.49. The van der Waals surface area contributed by atoms with Crippen LogP contribution in [-0.4, -0.2) is 37.7 Å². The number of hydrogen-bond acceptors (Lipinski definition) is 4. The van der Waals surface area contributed by atoms with Crippen LogP contribution in [0.1, 0.15) is 36.3 Å². The smallest absolute Gasteiger partial charge is 0.271 e. The molecule has 2 N–H and O–H groups in total. The van der Waals surface area contributed by atoms with E-state index < -0.39 is 6.04 Å². The van der Waals surface area contributed by atoms with Gasteiger partial charge < -0.3 is 15.2 Å². The van der Waals surface area contributed by atoms with Crippen LogP contribution in [0.3, 0.4) is 0 Å². The molecule has 2 unspecified atom stereocenters. The van der Waals surface area contributed by atoms with Gasteiger partial charge in [-0.15, -0.1) is 0 Å². The number of amides is 2. The number of benzene rings is 1. The average molecular weight is 363 g/mol. The molecule has 2 amide bonds. The molecule has 0 fully saturated rings. The first-order valence-corrected chi connectivity index (χ1v) is 9.08. The number of anilines is 1. The number of rotatable bonds is 3. The summed E-state index contributed by atoms with van der Waals surface area (Å²) in [4.78, 5) is 39.4. The third kappa shape index (κ3) is 3.05. The molecule has 2 atom stereocenters. The van der Waals surface area contributed by atoms with Gasteiger partial charge in [-0.25, -0.2) is 4.98 Å². The minimum Gasteiger partial charge on any atom is -0.334 e. The fourth-order valence-electron chi connectivity index (χ4n) is 3.52. The summed E-state index contributed by atoms with van der Waals surface area (Å²) < 4.78 is 0. The van der Waals surface area contributed by atoms with Crippen LogP contribution in [0, 0.1) is 5.92 Å². The van der Waals surface area contributed by atoms with Crippen molar-refractivity contribution in [3.05, 3.63) is 54.0 Å². The van der Waals surface area contributed by atoms with Gasteiger partial charge in [0.2, 0.25) is 5.91 Å². The van der Waals surface area contributed by atoms with E-state index in [0.717, 1.165) is 17.7 Å². The Hall–Kier alpha value is -3.22. The summed E-state index contributed by atoms with van der Waals surface area (Å²) in [6.45, 7) is 4.38. The lowest BCUT2D eigenvalue weighted by atomic mass is 9.96. The van der Waals surface area contributed by atoms with E-state index >= 15 is 0 Å². The van der Waals surface area contributed by atoms with Crippen LogP contribution in [-0.2, 0) is 11.3 Å². The Balaban J connectivity index is 1.77. The Labute approximate surface area is 156 Å². The number of fused-ring (bicyclic) bond motifs is 2. The largest absolute Gasteiger partial charge is 0.334 e. The number of nitrogens with zero attached hydrogens (tertiary/aromatic N) is 3. The SMILES string of the molecule is CCC(C)C1C(=O)Nc2ccccc2CN1C(=O)c1cc2nccnc2[nH]1. The number of H-pyrrole nitrogens is 1. The van der Waals surface area contributed by atoms with Gasteiger partial charge in [0.1, 0.15) is 17.3 Å². The van der Waals surface area contributed by atoms with Crippen molar-refractivity contribution in [1.82, 2.24) is 19.9 Å². The molecule has 27 heavy (non-hydrogen) atoms. The monoisotopic (exact) mass is 363 g/mol. The summed E-state index contributed by atoms with van der Waals surface area (Å²) in [7, 11) is 0. The summed E-state index contributed by atoms with van der Waals surface area (Å²) in [5, 5.41) is 2.98. The molecule has 0 bridgehead atoms. The summed E-state index contributed by atoms with van der Waals surface area (Å²) in [6.07, 6.45) is 3.95. The van der Waals surface area contributed by atoms with Gasteiger partial charge >= 0.3 is 0 Å². The van der Waals surface area contributed by atoms with Crippen molar-refractivity contribution >= 4 is 28.7 Å². The number of para-hydroxylation sites is 1. The Morgan fingerprint density at radius 1 is 1.30 bits per heavy atom.